The molecule has 10 nitrogen and oxygen atoms in total. The molecule has 4 N–H and O–H groups in total. The lowest BCUT2D eigenvalue weighted by Gasteiger charge is -2.27. The maximum Gasteiger partial charge on any atom is 0.273 e. The molecule has 0 amide bonds. The Balaban J connectivity index is 1.66. The number of aromatic nitrogens is 2. The number of halogens is 1. The number of nitriles is 1. The highest BCUT2D eigenvalue weighted by Gasteiger charge is 2.26. The molecule has 0 fully saturated rings. The van der Waals surface area contributed by atoms with E-state index in [0.717, 1.165) is 29.5 Å². The third-order valence-corrected chi connectivity index (χ3v) is 7.85. The molecule has 3 aromatic rings. The molecule has 236 valence electrons. The Hall–Kier alpha value is -3.53. The molecule has 0 aliphatic heterocycles. The van der Waals surface area contributed by atoms with Crippen molar-refractivity contribution in [2.24, 2.45) is 11.8 Å². The largest absolute Gasteiger partial charge is 0.489 e. The topological polar surface area (TPSA) is 130 Å². The lowest BCUT2D eigenvalue weighted by molar-refractivity contribution is -0.955. The van der Waals surface area contributed by atoms with Crippen LogP contribution in [0.3, 0.4) is 0 Å². The van der Waals surface area contributed by atoms with Crippen LogP contribution in [-0.4, -0.2) is 44.5 Å². The second kappa shape index (κ2) is 15.5. The van der Waals surface area contributed by atoms with E-state index in [0.29, 0.717) is 34.5 Å². The van der Waals surface area contributed by atoms with E-state index >= 15 is 0 Å². The summed E-state index contributed by atoms with van der Waals surface area (Å²) in [4.78, 5) is 8.30. The molecule has 44 heavy (non-hydrogen) atoms. The molecule has 1 aromatic heterocycles. The van der Waals surface area contributed by atoms with Crippen molar-refractivity contribution in [2.75, 3.05) is 25.6 Å². The number of allylic oxidation sites excluding steroid dienone is 1. The molecule has 2 atom stereocenters. The summed E-state index contributed by atoms with van der Waals surface area (Å²) in [5.41, 5.74) is 6.48. The van der Waals surface area contributed by atoms with Crippen molar-refractivity contribution in [3.05, 3.63) is 87.8 Å². The number of ether oxygens (including phenoxy) is 2. The molecule has 2 aromatic carbocycles. The number of benzene rings is 2. The normalized spacial score (nSPS) is 13.9. The first-order valence-corrected chi connectivity index (χ1v) is 15.3. The number of anilines is 1. The van der Waals surface area contributed by atoms with Crippen molar-refractivity contribution in [1.29, 1.82) is 5.26 Å². The number of nitrogens with two attached hydrogens (primary N) is 1. The fourth-order valence-electron chi connectivity index (χ4n) is 4.52. The molecule has 0 spiro atoms. The molecule has 1 heterocycles. The van der Waals surface area contributed by atoms with Crippen LogP contribution < -0.4 is 20.7 Å². The van der Waals surface area contributed by atoms with Crippen LogP contribution in [0, 0.1) is 17.2 Å². The highest BCUT2D eigenvalue weighted by molar-refractivity contribution is 7.74. The van der Waals surface area contributed by atoms with Crippen molar-refractivity contribution in [3.63, 3.8) is 0 Å². The highest BCUT2D eigenvalue weighted by atomic mass is 35.5. The fraction of sp³-hybridized carbons (Fsp3) is 0.406. The van der Waals surface area contributed by atoms with Crippen molar-refractivity contribution in [2.45, 2.75) is 59.5 Å². The van der Waals surface area contributed by atoms with Crippen molar-refractivity contribution < 1.29 is 18.8 Å². The van der Waals surface area contributed by atoms with Crippen molar-refractivity contribution >= 4 is 30.4 Å². The predicted molar refractivity (Wildman–Crippen MR) is 176 cm³/mol. The average Bonchev–Trinajstić information content (AvgIpc) is 2.99. The van der Waals surface area contributed by atoms with Crippen LogP contribution in [0.25, 0.3) is 0 Å². The summed E-state index contributed by atoms with van der Waals surface area (Å²) < 4.78 is 11.1. The first-order chi connectivity index (χ1) is 20.8. The summed E-state index contributed by atoms with van der Waals surface area (Å²) in [6.45, 7) is 11.6. The van der Waals surface area contributed by atoms with Gasteiger partial charge < -0.3 is 14.5 Å². The summed E-state index contributed by atoms with van der Waals surface area (Å²) in [6.07, 6.45) is 7.19. The zero-order chi connectivity index (χ0) is 32.5. The van der Waals surface area contributed by atoms with Gasteiger partial charge in [0.25, 0.3) is 5.95 Å². The van der Waals surface area contributed by atoms with E-state index in [-0.39, 0.29) is 19.2 Å². The van der Waals surface area contributed by atoms with E-state index in [1.807, 2.05) is 42.6 Å². The Bertz CT molecular complexity index is 1450. The van der Waals surface area contributed by atoms with Gasteiger partial charge in [0.1, 0.15) is 44.9 Å². The number of nitrogens with one attached hydrogen (secondary N) is 1. The minimum absolute atomic E-state index is 0.234. The third-order valence-electron chi connectivity index (χ3n) is 7.47. The first kappa shape index (κ1) is 35.0. The minimum atomic E-state index is -0.787. The van der Waals surface area contributed by atoms with Gasteiger partial charge in [-0.25, -0.2) is 15.8 Å². The van der Waals surface area contributed by atoms with Crippen LogP contribution in [0.1, 0.15) is 69.7 Å². The smallest absolute Gasteiger partial charge is 0.273 e. The molecule has 0 aliphatic rings. The molecule has 0 saturated carbocycles. The van der Waals surface area contributed by atoms with E-state index in [1.165, 1.54) is 12.6 Å². The van der Waals surface area contributed by atoms with Crippen molar-refractivity contribution in [1.82, 2.24) is 15.0 Å². The second-order valence-corrected chi connectivity index (χ2v) is 12.5. The van der Waals surface area contributed by atoms with Gasteiger partial charge in [-0.2, -0.15) is 15.9 Å². The monoisotopic (exact) mass is 640 g/mol. The summed E-state index contributed by atoms with van der Waals surface area (Å²) in [5.74, 6) is 7.93. The van der Waals surface area contributed by atoms with Crippen LogP contribution in [0.5, 0.6) is 11.5 Å². The Morgan fingerprint density at radius 2 is 1.86 bits per heavy atom. The van der Waals surface area contributed by atoms with Gasteiger partial charge in [0.05, 0.1) is 17.1 Å². The molecule has 0 aliphatic carbocycles. The fourth-order valence-corrected chi connectivity index (χ4v) is 4.88. The SMILES string of the molecule is CC/C(=C/N(N)CCOc1c(Cl)cc(C(C)(C)c2ccc(OCc3cnc(N[N+](C)(O)S)nc3)cc2)cc1C#N)C(C)CC. The number of hydrogen-bond donors (Lipinski definition) is 4. The molecule has 0 radical (unpaired) electrons. The lowest BCUT2D eigenvalue weighted by Crippen LogP contribution is -2.36. The molecular weight excluding hydrogens is 598 g/mol. The number of hydrazine groups is 1. The third kappa shape index (κ3) is 9.74. The standard InChI is InChI=1S/C32H43ClN7O3S/c1-7-22(3)24(8-2)20-39(35)13-14-42-30-25(17-34)15-27(16-29(30)33)32(4,5)26-9-11-28(12-10-26)43-21-23-18-36-31(37-19-23)38-40(6,41)44/h9-12,15-16,18-20,22,41,44H,7-8,13-14,21,35H2,1-6H3,(H,36,37,38)/q+1/b24-20-. The van der Waals surface area contributed by atoms with Crippen molar-refractivity contribution in [3.8, 4) is 17.6 Å². The van der Waals surface area contributed by atoms with E-state index in [1.54, 1.807) is 17.4 Å². The van der Waals surface area contributed by atoms with Gasteiger partial charge in [-0.1, -0.05) is 63.9 Å². The zero-order valence-electron chi connectivity index (χ0n) is 26.2. The Morgan fingerprint density at radius 3 is 2.43 bits per heavy atom. The lowest BCUT2D eigenvalue weighted by atomic mass is 9.77. The minimum Gasteiger partial charge on any atom is -0.489 e. The zero-order valence-corrected chi connectivity index (χ0v) is 27.9. The van der Waals surface area contributed by atoms with Crippen LogP contribution >= 0.6 is 24.4 Å². The predicted octanol–water partition coefficient (Wildman–Crippen LogP) is 6.81. The molecular formula is C32H43ClN7O3S+. The Morgan fingerprint density at radius 1 is 1.20 bits per heavy atom. The molecule has 0 saturated heterocycles. The van der Waals surface area contributed by atoms with E-state index in [9.17, 15) is 10.5 Å². The van der Waals surface area contributed by atoms with Crippen LogP contribution in [-0.2, 0) is 12.0 Å². The van der Waals surface area contributed by atoms with Gasteiger partial charge in [0, 0.05) is 29.6 Å². The molecule has 3 rings (SSSR count). The number of thiol groups is 1. The van der Waals surface area contributed by atoms with Gasteiger partial charge in [0.15, 0.2) is 5.75 Å². The first-order valence-electron chi connectivity index (χ1n) is 14.5. The number of hydrogen-bond acceptors (Lipinski definition) is 10. The number of nitrogens with zero attached hydrogens (tertiary/aromatic N) is 5. The number of quaternary nitrogens is 1. The van der Waals surface area contributed by atoms with Gasteiger partial charge in [-0.15, -0.1) is 0 Å². The summed E-state index contributed by atoms with van der Waals surface area (Å²) in [5, 5.41) is 21.6. The van der Waals surface area contributed by atoms with Gasteiger partial charge in [-0.05, 0) is 58.3 Å². The quantitative estimate of drug-likeness (QED) is 0.0613. The van der Waals surface area contributed by atoms with E-state index < -0.39 is 9.58 Å². The van der Waals surface area contributed by atoms with Gasteiger partial charge in [-0.3, -0.25) is 0 Å². The Kier molecular flexibility index (Phi) is 12.3. The Labute approximate surface area is 271 Å². The summed E-state index contributed by atoms with van der Waals surface area (Å²) in [6, 6.07) is 13.7. The summed E-state index contributed by atoms with van der Waals surface area (Å²) in [7, 11) is 1.42. The van der Waals surface area contributed by atoms with Crippen LogP contribution in [0.4, 0.5) is 5.95 Å². The summed E-state index contributed by atoms with van der Waals surface area (Å²) >= 11 is 10.6. The molecule has 2 unspecified atom stereocenters. The van der Waals surface area contributed by atoms with Crippen LogP contribution in [0.15, 0.2) is 60.6 Å². The number of hydroxylamine groups is 1. The average molecular weight is 641 g/mol. The maximum absolute atomic E-state index is 9.93. The van der Waals surface area contributed by atoms with Gasteiger partial charge >= 0.3 is 0 Å². The van der Waals surface area contributed by atoms with E-state index in [4.69, 9.17) is 26.9 Å². The molecule has 0 bridgehead atoms. The maximum atomic E-state index is 9.93. The number of rotatable bonds is 15. The molecule has 12 heteroatoms. The van der Waals surface area contributed by atoms with E-state index in [2.05, 4.69) is 68.9 Å². The highest BCUT2D eigenvalue weighted by Crippen LogP contribution is 2.38. The van der Waals surface area contributed by atoms with Gasteiger partial charge in [0.2, 0.25) is 0 Å². The second-order valence-electron chi connectivity index (χ2n) is 11.3. The van der Waals surface area contributed by atoms with Crippen LogP contribution in [0.2, 0.25) is 5.02 Å².